The number of carbonyl (C=O) groups excluding carboxylic acids is 1. The molecule has 1 aliphatic carbocycles. The Hall–Kier alpha value is -1.75. The van der Waals surface area contributed by atoms with E-state index in [1.807, 2.05) is 0 Å². The van der Waals surface area contributed by atoms with Crippen molar-refractivity contribution in [3.8, 4) is 11.5 Å². The van der Waals surface area contributed by atoms with Crippen LogP contribution in [0, 0.1) is 5.92 Å². The molecule has 1 aromatic carbocycles. The number of aliphatic hydroxyl groups excluding tert-OH is 1. The van der Waals surface area contributed by atoms with Crippen LogP contribution in [0.5, 0.6) is 11.5 Å². The summed E-state index contributed by atoms with van der Waals surface area (Å²) in [7, 11) is 1.46. The van der Waals surface area contributed by atoms with Gasteiger partial charge in [0.1, 0.15) is 0 Å². The first kappa shape index (κ1) is 14.7. The van der Waals surface area contributed by atoms with Crippen molar-refractivity contribution in [2.75, 3.05) is 13.7 Å². The van der Waals surface area contributed by atoms with Crippen LogP contribution in [-0.2, 0) is 0 Å². The van der Waals surface area contributed by atoms with Crippen LogP contribution in [0.3, 0.4) is 0 Å². The number of rotatable bonds is 4. The molecule has 1 amide bonds. The fourth-order valence-electron chi connectivity index (χ4n) is 2.70. The monoisotopic (exact) mass is 279 g/mol. The molecule has 1 saturated carbocycles. The lowest BCUT2D eigenvalue weighted by molar-refractivity contribution is 0.0872. The molecule has 1 aliphatic rings. The Kier molecular flexibility index (Phi) is 4.84. The van der Waals surface area contributed by atoms with Crippen molar-refractivity contribution in [1.82, 2.24) is 5.32 Å². The predicted molar refractivity (Wildman–Crippen MR) is 75.0 cm³/mol. The molecule has 5 nitrogen and oxygen atoms in total. The number of methoxy groups -OCH3 is 1. The van der Waals surface area contributed by atoms with E-state index in [2.05, 4.69) is 5.32 Å². The van der Waals surface area contributed by atoms with Gasteiger partial charge in [0.25, 0.3) is 5.91 Å². The van der Waals surface area contributed by atoms with E-state index < -0.39 is 0 Å². The van der Waals surface area contributed by atoms with Gasteiger partial charge in [0.15, 0.2) is 11.5 Å². The zero-order valence-electron chi connectivity index (χ0n) is 11.6. The third-order valence-electron chi connectivity index (χ3n) is 3.90. The number of hydrogen-bond acceptors (Lipinski definition) is 4. The van der Waals surface area contributed by atoms with E-state index in [-0.39, 0.29) is 30.2 Å². The zero-order valence-corrected chi connectivity index (χ0v) is 11.6. The predicted octanol–water partition coefficient (Wildman–Crippen LogP) is 1.68. The smallest absolute Gasteiger partial charge is 0.251 e. The molecule has 0 bridgehead atoms. The quantitative estimate of drug-likeness (QED) is 0.783. The second-order valence-electron chi connectivity index (χ2n) is 5.19. The SMILES string of the molecule is COc1ccc(C(=O)NC2CCCCC2CO)cc1O. The van der Waals surface area contributed by atoms with E-state index in [1.165, 1.54) is 13.2 Å². The topological polar surface area (TPSA) is 78.8 Å². The maximum Gasteiger partial charge on any atom is 0.251 e. The normalized spacial score (nSPS) is 22.3. The Morgan fingerprint density at radius 1 is 1.40 bits per heavy atom. The van der Waals surface area contributed by atoms with Crippen molar-refractivity contribution in [2.24, 2.45) is 5.92 Å². The molecule has 20 heavy (non-hydrogen) atoms. The lowest BCUT2D eigenvalue weighted by Gasteiger charge is -2.30. The molecule has 0 saturated heterocycles. The van der Waals surface area contributed by atoms with Crippen molar-refractivity contribution in [3.63, 3.8) is 0 Å². The van der Waals surface area contributed by atoms with Crippen LogP contribution in [0.25, 0.3) is 0 Å². The molecule has 2 rings (SSSR count). The summed E-state index contributed by atoms with van der Waals surface area (Å²) >= 11 is 0. The summed E-state index contributed by atoms with van der Waals surface area (Å²) in [5.74, 6) is 0.183. The van der Waals surface area contributed by atoms with Crippen LogP contribution in [-0.4, -0.2) is 35.9 Å². The molecule has 0 aliphatic heterocycles. The number of ether oxygens (including phenoxy) is 1. The molecule has 2 unspecified atom stereocenters. The van der Waals surface area contributed by atoms with Crippen LogP contribution >= 0.6 is 0 Å². The number of nitrogens with one attached hydrogen (secondary N) is 1. The molecule has 110 valence electrons. The first-order valence-electron chi connectivity index (χ1n) is 6.94. The van der Waals surface area contributed by atoms with Crippen LogP contribution < -0.4 is 10.1 Å². The van der Waals surface area contributed by atoms with E-state index in [0.29, 0.717) is 11.3 Å². The summed E-state index contributed by atoms with van der Waals surface area (Å²) in [4.78, 5) is 12.2. The minimum atomic E-state index is -0.228. The largest absolute Gasteiger partial charge is 0.504 e. The molecular weight excluding hydrogens is 258 g/mol. The molecular formula is C15H21NO4. The lowest BCUT2D eigenvalue weighted by atomic mass is 9.85. The van der Waals surface area contributed by atoms with E-state index in [4.69, 9.17) is 4.74 Å². The third-order valence-corrected chi connectivity index (χ3v) is 3.90. The van der Waals surface area contributed by atoms with E-state index in [9.17, 15) is 15.0 Å². The van der Waals surface area contributed by atoms with Crippen molar-refractivity contribution < 1.29 is 19.7 Å². The van der Waals surface area contributed by atoms with Gasteiger partial charge in [-0.3, -0.25) is 4.79 Å². The Morgan fingerprint density at radius 3 is 2.80 bits per heavy atom. The molecule has 1 aromatic rings. The lowest BCUT2D eigenvalue weighted by Crippen LogP contribution is -2.43. The van der Waals surface area contributed by atoms with E-state index in [0.717, 1.165) is 25.7 Å². The summed E-state index contributed by atoms with van der Waals surface area (Å²) in [6, 6.07) is 4.58. The highest BCUT2D eigenvalue weighted by Gasteiger charge is 2.26. The highest BCUT2D eigenvalue weighted by molar-refractivity contribution is 5.95. The average Bonchev–Trinajstić information content (AvgIpc) is 2.47. The second kappa shape index (κ2) is 6.61. The van der Waals surface area contributed by atoms with Gasteiger partial charge in [-0.1, -0.05) is 12.8 Å². The van der Waals surface area contributed by atoms with Gasteiger partial charge in [0.05, 0.1) is 7.11 Å². The first-order valence-corrected chi connectivity index (χ1v) is 6.94. The van der Waals surface area contributed by atoms with Crippen molar-refractivity contribution >= 4 is 5.91 Å². The number of benzene rings is 1. The number of phenols is 1. The highest BCUT2D eigenvalue weighted by atomic mass is 16.5. The standard InChI is InChI=1S/C15H21NO4/c1-20-14-7-6-10(8-13(14)18)15(19)16-12-5-3-2-4-11(12)9-17/h6-8,11-12,17-18H,2-5,9H2,1H3,(H,16,19). The van der Waals surface area contributed by atoms with Gasteiger partial charge in [0, 0.05) is 24.1 Å². The molecule has 0 radical (unpaired) electrons. The number of hydrogen-bond donors (Lipinski definition) is 3. The van der Waals surface area contributed by atoms with Crippen LogP contribution in [0.4, 0.5) is 0 Å². The van der Waals surface area contributed by atoms with Gasteiger partial charge in [-0.05, 0) is 31.0 Å². The minimum Gasteiger partial charge on any atom is -0.504 e. The van der Waals surface area contributed by atoms with Crippen LogP contribution in [0.2, 0.25) is 0 Å². The fourth-order valence-corrected chi connectivity index (χ4v) is 2.70. The molecule has 2 atom stereocenters. The Labute approximate surface area is 118 Å². The minimum absolute atomic E-state index is 0.00509. The number of aromatic hydroxyl groups is 1. The second-order valence-corrected chi connectivity index (χ2v) is 5.19. The van der Waals surface area contributed by atoms with Gasteiger partial charge in [-0.15, -0.1) is 0 Å². The first-order chi connectivity index (χ1) is 9.65. The average molecular weight is 279 g/mol. The van der Waals surface area contributed by atoms with Crippen molar-refractivity contribution in [3.05, 3.63) is 23.8 Å². The summed E-state index contributed by atoms with van der Waals surface area (Å²) < 4.78 is 4.95. The molecule has 0 spiro atoms. The van der Waals surface area contributed by atoms with E-state index in [1.54, 1.807) is 12.1 Å². The summed E-state index contributed by atoms with van der Waals surface area (Å²) in [5.41, 5.74) is 0.394. The van der Waals surface area contributed by atoms with Crippen molar-refractivity contribution in [1.29, 1.82) is 0 Å². The summed E-state index contributed by atoms with van der Waals surface area (Å²) in [6.07, 6.45) is 3.99. The number of aliphatic hydroxyl groups is 1. The molecule has 5 heteroatoms. The van der Waals surface area contributed by atoms with Gasteiger partial charge in [0.2, 0.25) is 0 Å². The Morgan fingerprint density at radius 2 is 2.15 bits per heavy atom. The fraction of sp³-hybridized carbons (Fsp3) is 0.533. The number of phenolic OH excluding ortho intramolecular Hbond substituents is 1. The zero-order chi connectivity index (χ0) is 14.5. The van der Waals surface area contributed by atoms with Crippen molar-refractivity contribution in [2.45, 2.75) is 31.7 Å². The molecule has 3 N–H and O–H groups in total. The van der Waals surface area contributed by atoms with E-state index >= 15 is 0 Å². The Bertz CT molecular complexity index is 475. The highest BCUT2D eigenvalue weighted by Crippen LogP contribution is 2.27. The van der Waals surface area contributed by atoms with Gasteiger partial charge < -0.3 is 20.3 Å². The van der Waals surface area contributed by atoms with Gasteiger partial charge in [-0.2, -0.15) is 0 Å². The summed E-state index contributed by atoms with van der Waals surface area (Å²) in [5, 5.41) is 22.0. The third kappa shape index (κ3) is 3.22. The summed E-state index contributed by atoms with van der Waals surface area (Å²) in [6.45, 7) is 0.0960. The van der Waals surface area contributed by atoms with Gasteiger partial charge in [-0.25, -0.2) is 0 Å². The number of amides is 1. The number of carbonyl (C=O) groups is 1. The van der Waals surface area contributed by atoms with Crippen LogP contribution in [0.15, 0.2) is 18.2 Å². The molecule has 0 aromatic heterocycles. The van der Waals surface area contributed by atoms with Gasteiger partial charge >= 0.3 is 0 Å². The maximum atomic E-state index is 12.2. The maximum absolute atomic E-state index is 12.2. The Balaban J connectivity index is 2.05. The van der Waals surface area contributed by atoms with Crippen LogP contribution in [0.1, 0.15) is 36.0 Å². The molecule has 0 heterocycles. The molecule has 1 fully saturated rings.